The van der Waals surface area contributed by atoms with Crippen LogP contribution in [0.5, 0.6) is 0 Å². The minimum atomic E-state index is -1.22. The molecule has 486 valence electrons. The molecule has 0 saturated heterocycles. The highest BCUT2D eigenvalue weighted by atomic mass is 32.1. The largest absolute Gasteiger partial charge is 0.477 e. The highest BCUT2D eigenvalue weighted by Crippen LogP contribution is 2.56. The van der Waals surface area contributed by atoms with Gasteiger partial charge in [-0.2, -0.15) is 5.26 Å². The van der Waals surface area contributed by atoms with Gasteiger partial charge >= 0.3 is 18.5 Å². The molecule has 0 radical (unpaired) electrons. The van der Waals surface area contributed by atoms with Gasteiger partial charge in [0.2, 0.25) is 0 Å². The van der Waals surface area contributed by atoms with Crippen molar-refractivity contribution in [3.8, 4) is 71.5 Å². The van der Waals surface area contributed by atoms with Crippen molar-refractivity contribution in [1.82, 2.24) is 0 Å². The van der Waals surface area contributed by atoms with Crippen molar-refractivity contribution in [3.63, 3.8) is 0 Å². The first-order chi connectivity index (χ1) is 47.6. The molecule has 4 aliphatic rings. The molecule has 0 saturated carbocycles. The highest BCUT2D eigenvalue weighted by molar-refractivity contribution is 7.16. The number of benzene rings is 10. The molecule has 12 aromatic rings. The van der Waals surface area contributed by atoms with Crippen molar-refractivity contribution in [1.29, 1.82) is 5.26 Å². The van der Waals surface area contributed by atoms with Crippen LogP contribution < -0.4 is 9.80 Å². The third kappa shape index (κ3) is 11.4. The van der Waals surface area contributed by atoms with E-state index in [0.29, 0.717) is 0 Å². The van der Waals surface area contributed by atoms with Crippen LogP contribution in [-0.4, -0.2) is 33.8 Å². The Morgan fingerprint density at radius 1 is 0.424 bits per heavy atom. The van der Waals surface area contributed by atoms with Gasteiger partial charge in [-0.1, -0.05) is 201 Å². The molecule has 0 atom stereocenters. The zero-order chi connectivity index (χ0) is 69.3. The van der Waals surface area contributed by atoms with Crippen LogP contribution >= 0.6 is 22.7 Å². The van der Waals surface area contributed by atoms with Gasteiger partial charge in [-0.15, -0.1) is 22.7 Å². The predicted octanol–water partition coefficient (Wildman–Crippen LogP) is 22.5. The molecule has 2 heterocycles. The normalized spacial score (nSPS) is 14.3. The lowest BCUT2D eigenvalue weighted by molar-refractivity contribution is -0.135. The monoisotopic (exact) mass is 1330 g/mol. The maximum Gasteiger partial charge on any atom is 0.384 e. The van der Waals surface area contributed by atoms with Gasteiger partial charge in [-0.3, -0.25) is 0 Å². The minimum absolute atomic E-state index is 0.0770. The molecule has 0 aliphatic heterocycles. The molecule has 99 heavy (non-hydrogen) atoms. The van der Waals surface area contributed by atoms with Crippen LogP contribution in [-0.2, 0) is 37.9 Å². The number of fused-ring (bicyclic) bond motifs is 12. The number of carboxylic acids is 2. The summed E-state index contributed by atoms with van der Waals surface area (Å²) < 4.78 is 0. The average molecular weight is 1330 g/mol. The summed E-state index contributed by atoms with van der Waals surface area (Å²) in [5.41, 5.74) is 29.5. The third-order valence-corrected chi connectivity index (χ3v) is 22.6. The first-order valence-corrected chi connectivity index (χ1v) is 34.7. The molecular formula is C88H72N4O5S2. The molecule has 3 N–H and O–H groups in total. The van der Waals surface area contributed by atoms with Crippen LogP contribution in [0.2, 0.25) is 0 Å². The van der Waals surface area contributed by atoms with Crippen molar-refractivity contribution in [2.45, 2.75) is 83.7 Å². The topological polar surface area (TPSA) is 129 Å². The van der Waals surface area contributed by atoms with Gasteiger partial charge in [0, 0.05) is 75.3 Å². The van der Waals surface area contributed by atoms with Crippen molar-refractivity contribution >= 4 is 74.8 Å². The summed E-state index contributed by atoms with van der Waals surface area (Å²) >= 11 is 3.11. The predicted molar refractivity (Wildman–Crippen MR) is 405 cm³/mol. The van der Waals surface area contributed by atoms with Crippen molar-refractivity contribution < 1.29 is 24.9 Å². The van der Waals surface area contributed by atoms with Gasteiger partial charge in [0.25, 0.3) is 0 Å². The van der Waals surface area contributed by atoms with Gasteiger partial charge in [0.1, 0.15) is 11.6 Å². The van der Waals surface area contributed by atoms with E-state index < -0.39 is 18.5 Å². The van der Waals surface area contributed by atoms with E-state index in [1.54, 1.807) is 17.4 Å². The maximum absolute atomic E-state index is 11.4. The van der Waals surface area contributed by atoms with Crippen molar-refractivity contribution in [3.05, 3.63) is 314 Å². The number of aliphatic carboxylic acids is 2. The molecule has 4 aliphatic carbocycles. The number of hydrogen-bond donors (Lipinski definition) is 3. The summed E-state index contributed by atoms with van der Waals surface area (Å²) in [7, 11) is 0. The molecule has 9 nitrogen and oxygen atoms in total. The lowest BCUT2D eigenvalue weighted by Crippen LogP contribution is -2.18. The summed E-state index contributed by atoms with van der Waals surface area (Å²) in [6.45, 7) is 24.3. The van der Waals surface area contributed by atoms with E-state index in [-0.39, 0.29) is 33.8 Å². The Balaban J connectivity index is 0.000000157. The summed E-state index contributed by atoms with van der Waals surface area (Å²) in [6, 6.07) is 90.0. The number of nitrogens with zero attached hydrogens (tertiary/aromatic N) is 4. The van der Waals surface area contributed by atoms with Crippen LogP contribution in [0.15, 0.2) is 248 Å². The van der Waals surface area contributed by atoms with Crippen molar-refractivity contribution in [2.75, 3.05) is 16.3 Å². The Bertz CT molecular complexity index is 5130. The number of carbonyl (C=O) groups is 2. The first kappa shape index (κ1) is 65.1. The number of aliphatic hydroxyl groups is 1. The number of nitriles is 1. The molecule has 0 unspecified atom stereocenters. The molecule has 2 aromatic heterocycles. The maximum atomic E-state index is 11.4. The molecule has 0 fully saturated rings. The van der Waals surface area contributed by atoms with E-state index in [0.717, 1.165) is 59.9 Å². The van der Waals surface area contributed by atoms with E-state index in [1.807, 2.05) is 18.2 Å². The SMILES string of the molecule is CC1(C)c2ccccc2-c2ccc(N(c3ccc(-c4ccc(/C=C(/C#N)C(=O)O)s4)cc3)c3ccc4c(c3)C(C)(C)c3ccccc3-4)cc21.CC1(C)c2ccccc2-c2ccc(N(c3ccc(-c4ccc(CO)s4)cc3)c3ccc4c(c3)C(C)(C)c3ccccc3-4)cc21.[C-]#[N+]CC(=O)O. The van der Waals surface area contributed by atoms with Crippen LogP contribution in [0, 0.1) is 17.9 Å². The molecular weight excluding hydrogens is 1260 g/mol. The molecule has 16 rings (SSSR count). The zero-order valence-corrected chi connectivity index (χ0v) is 58.0. The second-order valence-electron chi connectivity index (χ2n) is 27.7. The van der Waals surface area contributed by atoms with E-state index in [2.05, 4.69) is 294 Å². The highest BCUT2D eigenvalue weighted by Gasteiger charge is 2.40. The molecule has 10 aromatic carbocycles. The number of aliphatic hydroxyl groups excluding tert-OH is 1. The third-order valence-electron chi connectivity index (χ3n) is 20.4. The van der Waals surface area contributed by atoms with Crippen LogP contribution in [0.4, 0.5) is 34.1 Å². The van der Waals surface area contributed by atoms with E-state index >= 15 is 0 Å². The number of hydrogen-bond acceptors (Lipinski definition) is 8. The van der Waals surface area contributed by atoms with Gasteiger partial charge in [0.15, 0.2) is 0 Å². The molecule has 0 spiro atoms. The van der Waals surface area contributed by atoms with Gasteiger partial charge in [-0.05, 0) is 203 Å². The Morgan fingerprint density at radius 3 is 1.03 bits per heavy atom. The fraction of sp³-hybridized carbons (Fsp3) is 0.159. The van der Waals surface area contributed by atoms with E-state index in [1.165, 1.54) is 111 Å². The van der Waals surface area contributed by atoms with Gasteiger partial charge < -0.3 is 30.0 Å². The summed E-state index contributed by atoms with van der Waals surface area (Å²) in [5.74, 6) is -2.29. The number of carboxylic acid groups (broad SMARTS) is 2. The molecule has 11 heteroatoms. The zero-order valence-electron chi connectivity index (χ0n) is 56.3. The van der Waals surface area contributed by atoms with Gasteiger partial charge in [-0.25, -0.2) is 16.2 Å². The minimum Gasteiger partial charge on any atom is -0.477 e. The Kier molecular flexibility index (Phi) is 16.7. The standard InChI is InChI=1S/C44H34N2O2S.C41H35NOS.C3H3NO2/c1-43(2)37-11-7-5-9-33(37)35-20-17-30(24-39(35)43)46(31-18-21-36-34-10-6-8-12-38(34)44(3,4)40(36)25-31)29-15-13-27(14-16-29)41-22-19-32(49-41)23-28(26-45)42(47)48;1-40(2)35-11-7-5-9-31(35)33-20-17-28(23-37(33)40)42(27-15-13-26(14-16-27)39-22-19-30(25-43)44-39)29-18-21-34-32-10-6-8-12-36(32)41(3,4)38(34)24-29;1-4-2-3(5)6/h5-25H,1-4H3,(H,47,48);5-24,43H,25H2,1-4H3;2H2,(H,5,6)/b28-23-;;. The smallest absolute Gasteiger partial charge is 0.384 e. The Labute approximate surface area is 586 Å². The number of thiophene rings is 2. The van der Waals surface area contributed by atoms with Crippen LogP contribution in [0.25, 0.3) is 76.3 Å². The number of rotatable bonds is 12. The average Bonchev–Trinajstić information content (AvgIpc) is 1.57. The molecule has 0 bridgehead atoms. The van der Waals surface area contributed by atoms with E-state index in [4.69, 9.17) is 11.7 Å². The summed E-state index contributed by atoms with van der Waals surface area (Å²) in [5, 5.41) is 35.8. The quantitative estimate of drug-likeness (QED) is 0.0627. The van der Waals surface area contributed by atoms with Crippen molar-refractivity contribution in [2.24, 2.45) is 0 Å². The number of anilines is 6. The first-order valence-electron chi connectivity index (χ1n) is 33.1. The lowest BCUT2D eigenvalue weighted by Gasteiger charge is -2.30. The van der Waals surface area contributed by atoms with Gasteiger partial charge in [0.05, 0.1) is 6.61 Å². The molecule has 0 amide bonds. The summed E-state index contributed by atoms with van der Waals surface area (Å²) in [6.07, 6.45) is 1.42. The lowest BCUT2D eigenvalue weighted by atomic mass is 9.82. The summed E-state index contributed by atoms with van der Waals surface area (Å²) in [4.78, 5) is 32.0. The Hall–Kier alpha value is -11.2. The van der Waals surface area contributed by atoms with Crippen LogP contribution in [0.3, 0.4) is 0 Å². The second-order valence-corrected chi connectivity index (χ2v) is 30.0. The fourth-order valence-electron chi connectivity index (χ4n) is 15.3. The van der Waals surface area contributed by atoms with E-state index in [9.17, 15) is 25.1 Å². The second kappa shape index (κ2) is 25.4. The van der Waals surface area contributed by atoms with Crippen LogP contribution in [0.1, 0.15) is 110 Å². The Morgan fingerprint density at radius 2 is 0.737 bits per heavy atom. The fourth-order valence-corrected chi connectivity index (χ4v) is 17.2.